The zero-order valence-electron chi connectivity index (χ0n) is 8.51. The monoisotopic (exact) mass is 211 g/mol. The van der Waals surface area contributed by atoms with Crippen LogP contribution in [0.4, 0.5) is 8.78 Å². The normalized spacial score (nSPS) is 11.2. The van der Waals surface area contributed by atoms with Crippen LogP contribution in [0.1, 0.15) is 5.82 Å². The van der Waals surface area contributed by atoms with E-state index in [4.69, 9.17) is 0 Å². The van der Waals surface area contributed by atoms with Crippen LogP contribution in [0.25, 0.3) is 11.0 Å². The van der Waals surface area contributed by atoms with Gasteiger partial charge in [-0.25, -0.2) is 13.8 Å². The minimum Gasteiger partial charge on any atom is -0.330 e. The predicted molar refractivity (Wildman–Crippen MR) is 53.4 cm³/mol. The first kappa shape index (κ1) is 10.0. The van der Waals surface area contributed by atoms with Gasteiger partial charge in [0.2, 0.25) is 0 Å². The zero-order chi connectivity index (χ0) is 11.0. The number of nitrogens with zero attached hydrogens (tertiary/aromatic N) is 2. The van der Waals surface area contributed by atoms with Gasteiger partial charge in [-0.3, -0.25) is 0 Å². The third-order valence-electron chi connectivity index (χ3n) is 2.33. The summed E-state index contributed by atoms with van der Waals surface area (Å²) in [6.45, 7) is 0.520. The van der Waals surface area contributed by atoms with Crippen molar-refractivity contribution in [1.82, 2.24) is 14.9 Å². The Balaban J connectivity index is 2.70. The lowest BCUT2D eigenvalue weighted by atomic mass is 10.3. The fourth-order valence-electron chi connectivity index (χ4n) is 1.58. The minimum atomic E-state index is -0.622. The van der Waals surface area contributed by atoms with Gasteiger partial charge >= 0.3 is 0 Å². The van der Waals surface area contributed by atoms with Crippen LogP contribution < -0.4 is 5.32 Å². The zero-order valence-corrected chi connectivity index (χ0v) is 8.51. The molecule has 2 rings (SSSR count). The Kier molecular flexibility index (Phi) is 2.40. The van der Waals surface area contributed by atoms with Crippen molar-refractivity contribution in [2.75, 3.05) is 7.05 Å². The molecule has 0 aliphatic rings. The Morgan fingerprint density at radius 1 is 1.40 bits per heavy atom. The van der Waals surface area contributed by atoms with Gasteiger partial charge < -0.3 is 9.88 Å². The molecule has 1 heterocycles. The standard InChI is InChI=1S/C10H11F2N3/c1-13-5-9-14-10-7(12)3-6(11)4-8(10)15(9)2/h3-4,13H,5H2,1-2H3. The molecule has 5 heteroatoms. The molecule has 1 aromatic carbocycles. The van der Waals surface area contributed by atoms with Crippen molar-refractivity contribution in [2.45, 2.75) is 6.54 Å². The second kappa shape index (κ2) is 3.58. The molecule has 2 aromatic rings. The van der Waals surface area contributed by atoms with Gasteiger partial charge in [-0.05, 0) is 13.1 Å². The molecule has 0 spiro atoms. The molecule has 0 unspecified atom stereocenters. The number of rotatable bonds is 2. The lowest BCUT2D eigenvalue weighted by Gasteiger charge is -2.00. The van der Waals surface area contributed by atoms with Crippen molar-refractivity contribution >= 4 is 11.0 Å². The van der Waals surface area contributed by atoms with E-state index in [1.165, 1.54) is 6.07 Å². The summed E-state index contributed by atoms with van der Waals surface area (Å²) >= 11 is 0. The van der Waals surface area contributed by atoms with Gasteiger partial charge in [0, 0.05) is 13.1 Å². The van der Waals surface area contributed by atoms with Gasteiger partial charge in [0.25, 0.3) is 0 Å². The first-order chi connectivity index (χ1) is 7.13. The predicted octanol–water partition coefficient (Wildman–Crippen LogP) is 1.57. The van der Waals surface area contributed by atoms with Crippen LogP contribution in [0, 0.1) is 11.6 Å². The molecular weight excluding hydrogens is 200 g/mol. The van der Waals surface area contributed by atoms with E-state index in [0.717, 1.165) is 6.07 Å². The highest BCUT2D eigenvalue weighted by molar-refractivity contribution is 5.76. The average molecular weight is 211 g/mol. The first-order valence-electron chi connectivity index (χ1n) is 4.58. The number of nitrogens with one attached hydrogen (secondary N) is 1. The highest BCUT2D eigenvalue weighted by Gasteiger charge is 2.12. The van der Waals surface area contributed by atoms with Gasteiger partial charge in [-0.1, -0.05) is 0 Å². The van der Waals surface area contributed by atoms with Crippen LogP contribution in [0.5, 0.6) is 0 Å². The molecule has 0 radical (unpaired) electrons. The maximum Gasteiger partial charge on any atom is 0.153 e. The smallest absolute Gasteiger partial charge is 0.153 e. The summed E-state index contributed by atoms with van der Waals surface area (Å²) in [5.74, 6) is -0.529. The molecule has 15 heavy (non-hydrogen) atoms. The van der Waals surface area contributed by atoms with Crippen LogP contribution in [0.15, 0.2) is 12.1 Å². The summed E-state index contributed by atoms with van der Waals surface area (Å²) in [6.07, 6.45) is 0. The van der Waals surface area contributed by atoms with E-state index in [0.29, 0.717) is 17.9 Å². The van der Waals surface area contributed by atoms with E-state index < -0.39 is 11.6 Å². The second-order valence-electron chi connectivity index (χ2n) is 3.37. The number of halogens is 2. The number of benzene rings is 1. The van der Waals surface area contributed by atoms with E-state index in [2.05, 4.69) is 10.3 Å². The lowest BCUT2D eigenvalue weighted by Crippen LogP contribution is -2.10. The van der Waals surface area contributed by atoms with Gasteiger partial charge in [0.1, 0.15) is 17.2 Å². The third-order valence-corrected chi connectivity index (χ3v) is 2.33. The number of hydrogen-bond donors (Lipinski definition) is 1. The van der Waals surface area contributed by atoms with Crippen LogP contribution in [0.2, 0.25) is 0 Å². The van der Waals surface area contributed by atoms with Crippen molar-refractivity contribution < 1.29 is 8.78 Å². The van der Waals surface area contributed by atoms with Crippen molar-refractivity contribution in [3.8, 4) is 0 Å². The highest BCUT2D eigenvalue weighted by Crippen LogP contribution is 2.19. The summed E-state index contributed by atoms with van der Waals surface area (Å²) in [7, 11) is 3.51. The number of aryl methyl sites for hydroxylation is 1. The van der Waals surface area contributed by atoms with Crippen LogP contribution in [-0.2, 0) is 13.6 Å². The number of fused-ring (bicyclic) bond motifs is 1. The Hall–Kier alpha value is -1.49. The van der Waals surface area contributed by atoms with Crippen molar-refractivity contribution in [2.24, 2.45) is 7.05 Å². The fraction of sp³-hybridized carbons (Fsp3) is 0.300. The molecule has 80 valence electrons. The molecule has 3 nitrogen and oxygen atoms in total. The Labute approximate surface area is 85.7 Å². The van der Waals surface area contributed by atoms with E-state index in [1.54, 1.807) is 18.7 Å². The molecule has 0 aliphatic carbocycles. The first-order valence-corrected chi connectivity index (χ1v) is 4.58. The Bertz CT molecular complexity index is 505. The summed E-state index contributed by atoms with van der Waals surface area (Å²) < 4.78 is 28.0. The number of hydrogen-bond acceptors (Lipinski definition) is 2. The van der Waals surface area contributed by atoms with E-state index in [9.17, 15) is 8.78 Å². The van der Waals surface area contributed by atoms with Crippen LogP contribution in [0.3, 0.4) is 0 Å². The maximum atomic E-state index is 13.3. The van der Waals surface area contributed by atoms with Gasteiger partial charge in [0.15, 0.2) is 5.82 Å². The molecule has 0 amide bonds. The average Bonchev–Trinajstić information content (AvgIpc) is 2.47. The fourth-order valence-corrected chi connectivity index (χ4v) is 1.58. The molecule has 0 atom stereocenters. The molecule has 0 saturated heterocycles. The van der Waals surface area contributed by atoms with Crippen LogP contribution in [-0.4, -0.2) is 16.6 Å². The van der Waals surface area contributed by atoms with Gasteiger partial charge in [0.05, 0.1) is 12.1 Å². The van der Waals surface area contributed by atoms with Crippen molar-refractivity contribution in [1.29, 1.82) is 0 Å². The minimum absolute atomic E-state index is 0.212. The quantitative estimate of drug-likeness (QED) is 0.817. The summed E-state index contributed by atoms with van der Waals surface area (Å²) in [5, 5.41) is 2.92. The van der Waals surface area contributed by atoms with Crippen molar-refractivity contribution in [3.05, 3.63) is 29.6 Å². The number of aromatic nitrogens is 2. The Morgan fingerprint density at radius 3 is 2.80 bits per heavy atom. The molecule has 1 aromatic heterocycles. The molecular formula is C10H11F2N3. The third kappa shape index (κ3) is 1.59. The van der Waals surface area contributed by atoms with Crippen LogP contribution >= 0.6 is 0 Å². The van der Waals surface area contributed by atoms with Gasteiger partial charge in [-0.2, -0.15) is 0 Å². The van der Waals surface area contributed by atoms with E-state index >= 15 is 0 Å². The molecule has 0 bridgehead atoms. The largest absolute Gasteiger partial charge is 0.330 e. The van der Waals surface area contributed by atoms with Gasteiger partial charge in [-0.15, -0.1) is 0 Å². The highest BCUT2D eigenvalue weighted by atomic mass is 19.1. The van der Waals surface area contributed by atoms with E-state index in [1.807, 2.05) is 0 Å². The lowest BCUT2D eigenvalue weighted by molar-refractivity contribution is 0.590. The van der Waals surface area contributed by atoms with E-state index in [-0.39, 0.29) is 5.52 Å². The second-order valence-corrected chi connectivity index (χ2v) is 3.37. The SMILES string of the molecule is CNCc1nc2c(F)cc(F)cc2n1C. The molecule has 0 aliphatic heterocycles. The number of imidazole rings is 1. The topological polar surface area (TPSA) is 29.9 Å². The Morgan fingerprint density at radius 2 is 2.13 bits per heavy atom. The summed E-state index contributed by atoms with van der Waals surface area (Å²) in [4.78, 5) is 4.10. The van der Waals surface area contributed by atoms with Crippen molar-refractivity contribution in [3.63, 3.8) is 0 Å². The maximum absolute atomic E-state index is 13.3. The summed E-state index contributed by atoms with van der Waals surface area (Å²) in [5.41, 5.74) is 0.682. The molecule has 1 N–H and O–H groups in total. The molecule has 0 fully saturated rings. The summed E-state index contributed by atoms with van der Waals surface area (Å²) in [6, 6.07) is 2.13. The molecule has 0 saturated carbocycles.